The lowest BCUT2D eigenvalue weighted by atomic mass is 10.1. The predicted octanol–water partition coefficient (Wildman–Crippen LogP) is -0.999. The molecule has 21 heavy (non-hydrogen) atoms. The summed E-state index contributed by atoms with van der Waals surface area (Å²) in [7, 11) is 1.24. The van der Waals surface area contributed by atoms with Crippen LogP contribution in [0.3, 0.4) is 0 Å². The summed E-state index contributed by atoms with van der Waals surface area (Å²) in [6, 6.07) is -1.77. The number of likely N-dealkylation sites (tertiary alicyclic amines) is 1. The lowest BCUT2D eigenvalue weighted by Crippen LogP contribution is -2.43. The molecule has 2 aliphatic heterocycles. The SMILES string of the molecule is COC(=O)[C@@H]1C[C@H](N2C(=O)CNC2=O)CN1C(=O)CCS. The first-order valence-corrected chi connectivity index (χ1v) is 7.21. The second kappa shape index (κ2) is 6.33. The number of thiol groups is 1. The third kappa shape index (κ3) is 2.97. The Kier molecular flexibility index (Phi) is 4.71. The summed E-state index contributed by atoms with van der Waals surface area (Å²) >= 11 is 4.00. The lowest BCUT2D eigenvalue weighted by molar-refractivity contribution is -0.150. The van der Waals surface area contributed by atoms with Gasteiger partial charge in [0, 0.05) is 19.4 Å². The highest BCUT2D eigenvalue weighted by atomic mass is 32.1. The van der Waals surface area contributed by atoms with E-state index in [0.29, 0.717) is 5.75 Å². The van der Waals surface area contributed by atoms with E-state index < -0.39 is 24.1 Å². The lowest BCUT2D eigenvalue weighted by Gasteiger charge is -2.23. The van der Waals surface area contributed by atoms with Gasteiger partial charge in [-0.25, -0.2) is 9.59 Å². The van der Waals surface area contributed by atoms with E-state index in [2.05, 4.69) is 17.9 Å². The smallest absolute Gasteiger partial charge is 0.328 e. The Balaban J connectivity index is 2.17. The summed E-state index contributed by atoms with van der Waals surface area (Å²) in [4.78, 5) is 49.7. The van der Waals surface area contributed by atoms with E-state index in [1.807, 2.05) is 0 Å². The molecule has 0 aromatic rings. The predicted molar refractivity (Wildman–Crippen MR) is 74.6 cm³/mol. The molecule has 2 heterocycles. The van der Waals surface area contributed by atoms with Gasteiger partial charge < -0.3 is 15.0 Å². The zero-order valence-electron chi connectivity index (χ0n) is 11.6. The zero-order chi connectivity index (χ0) is 15.6. The fourth-order valence-corrected chi connectivity index (χ4v) is 2.87. The monoisotopic (exact) mass is 315 g/mol. The molecule has 2 saturated heterocycles. The van der Waals surface area contributed by atoms with E-state index in [-0.39, 0.29) is 37.7 Å². The number of methoxy groups -OCH3 is 1. The Morgan fingerprint density at radius 2 is 2.14 bits per heavy atom. The average Bonchev–Trinajstić information content (AvgIpc) is 3.02. The Morgan fingerprint density at radius 3 is 2.67 bits per heavy atom. The van der Waals surface area contributed by atoms with Crippen molar-refractivity contribution in [3.05, 3.63) is 0 Å². The first-order chi connectivity index (χ1) is 9.99. The van der Waals surface area contributed by atoms with Crippen molar-refractivity contribution in [1.29, 1.82) is 0 Å². The molecule has 0 aromatic carbocycles. The topological polar surface area (TPSA) is 96.0 Å². The van der Waals surface area contributed by atoms with Crippen molar-refractivity contribution in [2.45, 2.75) is 24.9 Å². The summed E-state index contributed by atoms with van der Waals surface area (Å²) in [5.74, 6) is -0.777. The summed E-state index contributed by atoms with van der Waals surface area (Å²) in [6.45, 7) is 0.0916. The van der Waals surface area contributed by atoms with Crippen LogP contribution >= 0.6 is 12.6 Å². The molecule has 0 unspecified atom stereocenters. The number of imide groups is 1. The molecule has 116 valence electrons. The van der Waals surface area contributed by atoms with Crippen LogP contribution in [0.5, 0.6) is 0 Å². The van der Waals surface area contributed by atoms with Gasteiger partial charge in [-0.3, -0.25) is 14.5 Å². The Hall–Kier alpha value is -1.77. The standard InChI is InChI=1S/C12H17N3O5S/c1-20-11(18)8-4-7(6-14(8)9(16)2-3-21)15-10(17)5-13-12(15)19/h7-8,21H,2-6H2,1H3,(H,13,19)/t7-,8-/m0/s1. The van der Waals surface area contributed by atoms with Gasteiger partial charge >= 0.3 is 12.0 Å². The van der Waals surface area contributed by atoms with Gasteiger partial charge in [-0.1, -0.05) is 0 Å². The van der Waals surface area contributed by atoms with Crippen LogP contribution in [-0.4, -0.2) is 71.7 Å². The number of urea groups is 1. The second-order valence-electron chi connectivity index (χ2n) is 4.87. The number of hydrogen-bond donors (Lipinski definition) is 2. The summed E-state index contributed by atoms with van der Waals surface area (Å²) in [5.41, 5.74) is 0. The number of amides is 4. The van der Waals surface area contributed by atoms with Crippen LogP contribution in [0.4, 0.5) is 4.79 Å². The summed E-state index contributed by atoms with van der Waals surface area (Å²) < 4.78 is 4.70. The van der Waals surface area contributed by atoms with E-state index in [1.165, 1.54) is 12.0 Å². The van der Waals surface area contributed by atoms with Gasteiger partial charge in [0.1, 0.15) is 6.04 Å². The fourth-order valence-electron chi connectivity index (χ4n) is 2.68. The van der Waals surface area contributed by atoms with Crippen LogP contribution in [0.2, 0.25) is 0 Å². The Morgan fingerprint density at radius 1 is 1.43 bits per heavy atom. The van der Waals surface area contributed by atoms with E-state index in [9.17, 15) is 19.2 Å². The highest BCUT2D eigenvalue weighted by Gasteiger charge is 2.46. The largest absolute Gasteiger partial charge is 0.467 e. The van der Waals surface area contributed by atoms with Gasteiger partial charge in [0.2, 0.25) is 11.8 Å². The van der Waals surface area contributed by atoms with Gasteiger partial charge in [-0.2, -0.15) is 12.6 Å². The van der Waals surface area contributed by atoms with Crippen LogP contribution in [-0.2, 0) is 19.1 Å². The summed E-state index contributed by atoms with van der Waals surface area (Å²) in [5, 5.41) is 2.43. The zero-order valence-corrected chi connectivity index (χ0v) is 12.5. The molecular formula is C12H17N3O5S. The molecule has 8 nitrogen and oxygen atoms in total. The van der Waals surface area contributed by atoms with Crippen molar-refractivity contribution in [3.8, 4) is 0 Å². The molecule has 2 rings (SSSR count). The van der Waals surface area contributed by atoms with Crippen molar-refractivity contribution in [3.63, 3.8) is 0 Å². The number of carbonyl (C=O) groups excluding carboxylic acids is 4. The van der Waals surface area contributed by atoms with Crippen LogP contribution in [0.25, 0.3) is 0 Å². The Bertz CT molecular complexity index is 468. The minimum atomic E-state index is -0.770. The number of rotatable bonds is 4. The van der Waals surface area contributed by atoms with Gasteiger partial charge in [0.15, 0.2) is 0 Å². The van der Waals surface area contributed by atoms with Crippen molar-refractivity contribution in [2.75, 3.05) is 26.0 Å². The van der Waals surface area contributed by atoms with Crippen LogP contribution in [0, 0.1) is 0 Å². The molecular weight excluding hydrogens is 298 g/mol. The molecule has 0 aliphatic carbocycles. The van der Waals surface area contributed by atoms with Gasteiger partial charge in [0.05, 0.1) is 19.7 Å². The number of hydrogen-bond acceptors (Lipinski definition) is 6. The van der Waals surface area contributed by atoms with Crippen LogP contribution in [0.1, 0.15) is 12.8 Å². The number of esters is 1. The third-order valence-electron chi connectivity index (χ3n) is 3.64. The van der Waals surface area contributed by atoms with Crippen molar-refractivity contribution >= 4 is 36.4 Å². The average molecular weight is 315 g/mol. The highest BCUT2D eigenvalue weighted by Crippen LogP contribution is 2.25. The van der Waals surface area contributed by atoms with Crippen molar-refractivity contribution < 1.29 is 23.9 Å². The fraction of sp³-hybridized carbons (Fsp3) is 0.667. The highest BCUT2D eigenvalue weighted by molar-refractivity contribution is 7.80. The normalized spacial score (nSPS) is 25.2. The molecule has 0 saturated carbocycles. The van der Waals surface area contributed by atoms with E-state index >= 15 is 0 Å². The maximum absolute atomic E-state index is 12.1. The molecule has 0 radical (unpaired) electrons. The Labute approximate surface area is 127 Å². The number of nitrogens with zero attached hydrogens (tertiary/aromatic N) is 2. The van der Waals surface area contributed by atoms with Crippen LogP contribution < -0.4 is 5.32 Å². The molecule has 0 spiro atoms. The number of carbonyl (C=O) groups is 4. The molecule has 2 aliphatic rings. The van der Waals surface area contributed by atoms with Crippen LogP contribution in [0.15, 0.2) is 0 Å². The molecule has 9 heteroatoms. The van der Waals surface area contributed by atoms with Crippen molar-refractivity contribution in [1.82, 2.24) is 15.1 Å². The number of nitrogens with one attached hydrogen (secondary N) is 1. The van der Waals surface area contributed by atoms with Gasteiger partial charge in [-0.05, 0) is 5.75 Å². The molecule has 0 bridgehead atoms. The summed E-state index contributed by atoms with van der Waals surface area (Å²) in [6.07, 6.45) is 0.383. The first kappa shape index (κ1) is 15.6. The van der Waals surface area contributed by atoms with E-state index in [0.717, 1.165) is 4.90 Å². The van der Waals surface area contributed by atoms with Gasteiger partial charge in [-0.15, -0.1) is 0 Å². The molecule has 1 N–H and O–H groups in total. The second-order valence-corrected chi connectivity index (χ2v) is 5.32. The molecule has 0 aromatic heterocycles. The quantitative estimate of drug-likeness (QED) is 0.394. The molecule has 2 atom stereocenters. The maximum atomic E-state index is 12.1. The number of ether oxygens (including phenoxy) is 1. The van der Waals surface area contributed by atoms with Gasteiger partial charge in [0.25, 0.3) is 0 Å². The third-order valence-corrected chi connectivity index (χ3v) is 3.87. The minimum Gasteiger partial charge on any atom is -0.467 e. The maximum Gasteiger partial charge on any atom is 0.328 e. The first-order valence-electron chi connectivity index (χ1n) is 6.57. The van der Waals surface area contributed by atoms with E-state index in [1.54, 1.807) is 0 Å². The van der Waals surface area contributed by atoms with E-state index in [4.69, 9.17) is 4.74 Å². The van der Waals surface area contributed by atoms with Crippen molar-refractivity contribution in [2.24, 2.45) is 0 Å². The molecule has 4 amide bonds. The minimum absolute atomic E-state index is 0.0528. The molecule has 2 fully saturated rings.